The van der Waals surface area contributed by atoms with E-state index < -0.39 is 0 Å². The summed E-state index contributed by atoms with van der Waals surface area (Å²) in [6.45, 7) is 5.91. The Morgan fingerprint density at radius 1 is 1.41 bits per heavy atom. The monoisotopic (exact) mass is 326 g/mol. The molecule has 0 spiro atoms. The molecule has 2 atom stereocenters. The fourth-order valence-corrected chi connectivity index (χ4v) is 3.23. The summed E-state index contributed by atoms with van der Waals surface area (Å²) >= 11 is 6.07. The summed E-state index contributed by atoms with van der Waals surface area (Å²) in [5.74, 6) is 1.04. The second kappa shape index (κ2) is 8.11. The van der Waals surface area contributed by atoms with E-state index in [2.05, 4.69) is 9.88 Å². The molecule has 5 nitrogen and oxygen atoms in total. The van der Waals surface area contributed by atoms with Crippen molar-refractivity contribution in [1.29, 1.82) is 0 Å². The minimum atomic E-state index is 0.207. The van der Waals surface area contributed by atoms with Gasteiger partial charge in [0.2, 0.25) is 5.88 Å². The average Bonchev–Trinajstić information content (AvgIpc) is 2.55. The summed E-state index contributed by atoms with van der Waals surface area (Å²) in [6, 6.07) is 3.61. The first-order valence-corrected chi connectivity index (χ1v) is 8.34. The van der Waals surface area contributed by atoms with E-state index in [1.165, 1.54) is 12.8 Å². The van der Waals surface area contributed by atoms with Crippen molar-refractivity contribution in [3.8, 4) is 5.88 Å². The van der Waals surface area contributed by atoms with Crippen LogP contribution in [0.3, 0.4) is 0 Å². The Morgan fingerprint density at radius 3 is 3.18 bits per heavy atom. The van der Waals surface area contributed by atoms with E-state index in [4.69, 9.17) is 25.8 Å². The molecule has 0 aliphatic carbocycles. The van der Waals surface area contributed by atoms with Gasteiger partial charge in [0.05, 0.1) is 32.5 Å². The van der Waals surface area contributed by atoms with Crippen molar-refractivity contribution in [3.63, 3.8) is 0 Å². The number of likely N-dealkylation sites (tertiary alicyclic amines) is 1. The highest BCUT2D eigenvalue weighted by Crippen LogP contribution is 2.23. The van der Waals surface area contributed by atoms with Crippen LogP contribution in [0.15, 0.2) is 18.3 Å². The Bertz CT molecular complexity index is 468. The number of pyridine rings is 1. The van der Waals surface area contributed by atoms with Gasteiger partial charge in [-0.05, 0) is 31.5 Å². The summed E-state index contributed by atoms with van der Waals surface area (Å²) in [5.41, 5.74) is 0. The van der Waals surface area contributed by atoms with Gasteiger partial charge in [-0.25, -0.2) is 4.98 Å². The average molecular weight is 327 g/mol. The lowest BCUT2D eigenvalue weighted by Crippen LogP contribution is -2.45. The molecule has 3 heterocycles. The van der Waals surface area contributed by atoms with Crippen molar-refractivity contribution >= 4 is 11.6 Å². The van der Waals surface area contributed by atoms with Gasteiger partial charge < -0.3 is 19.1 Å². The Balaban J connectivity index is 1.45. The predicted octanol–water partition coefficient (Wildman–Crippen LogP) is 2.24. The van der Waals surface area contributed by atoms with Gasteiger partial charge in [-0.3, -0.25) is 0 Å². The summed E-state index contributed by atoms with van der Waals surface area (Å²) in [5, 5.41) is 0.572. The lowest BCUT2D eigenvalue weighted by Gasteiger charge is -2.35. The molecule has 2 fully saturated rings. The highest BCUT2D eigenvalue weighted by atomic mass is 35.5. The summed E-state index contributed by atoms with van der Waals surface area (Å²) < 4.78 is 17.0. The van der Waals surface area contributed by atoms with Gasteiger partial charge in [0, 0.05) is 25.2 Å². The number of aromatic nitrogens is 1. The van der Waals surface area contributed by atoms with Crippen molar-refractivity contribution in [1.82, 2.24) is 9.88 Å². The lowest BCUT2D eigenvalue weighted by molar-refractivity contribution is -0.100. The van der Waals surface area contributed by atoms with Crippen molar-refractivity contribution < 1.29 is 14.2 Å². The minimum Gasteiger partial charge on any atom is -0.476 e. The maximum absolute atomic E-state index is 6.07. The van der Waals surface area contributed by atoms with Crippen LogP contribution < -0.4 is 4.74 Å². The molecule has 6 heteroatoms. The highest BCUT2D eigenvalue weighted by Gasteiger charge is 2.24. The molecule has 3 rings (SSSR count). The van der Waals surface area contributed by atoms with Crippen LogP contribution >= 0.6 is 11.6 Å². The number of ether oxygens (including phenoxy) is 3. The van der Waals surface area contributed by atoms with E-state index in [0.29, 0.717) is 36.6 Å². The van der Waals surface area contributed by atoms with Crippen LogP contribution in [0.4, 0.5) is 0 Å². The molecule has 2 unspecified atom stereocenters. The third kappa shape index (κ3) is 4.56. The number of nitrogens with zero attached hydrogens (tertiary/aromatic N) is 2. The van der Waals surface area contributed by atoms with Crippen LogP contribution in [0.5, 0.6) is 5.88 Å². The first kappa shape index (κ1) is 16.0. The molecule has 0 saturated carbocycles. The number of piperidine rings is 1. The molecule has 1 aromatic rings. The van der Waals surface area contributed by atoms with Gasteiger partial charge in [0.1, 0.15) is 5.02 Å². The van der Waals surface area contributed by atoms with Crippen LogP contribution in [0.1, 0.15) is 12.8 Å². The molecule has 0 radical (unpaired) electrons. The Hall–Kier alpha value is -0.880. The smallest absolute Gasteiger partial charge is 0.232 e. The molecule has 0 N–H and O–H groups in total. The third-order valence-corrected chi connectivity index (χ3v) is 4.42. The summed E-state index contributed by atoms with van der Waals surface area (Å²) in [4.78, 5) is 6.63. The van der Waals surface area contributed by atoms with Gasteiger partial charge in [0.15, 0.2) is 0 Å². The maximum atomic E-state index is 6.07. The highest BCUT2D eigenvalue weighted by molar-refractivity contribution is 6.31. The van der Waals surface area contributed by atoms with Gasteiger partial charge in [0.25, 0.3) is 0 Å². The van der Waals surface area contributed by atoms with E-state index in [1.54, 1.807) is 12.3 Å². The molecule has 2 saturated heterocycles. The van der Waals surface area contributed by atoms with Crippen molar-refractivity contribution in [2.45, 2.75) is 18.9 Å². The number of rotatable bonds is 5. The quantitative estimate of drug-likeness (QED) is 0.830. The van der Waals surface area contributed by atoms with Crippen LogP contribution in [-0.4, -0.2) is 62.0 Å². The first-order chi connectivity index (χ1) is 10.8. The standard InChI is InChI=1S/C16H23ClN2O3/c17-15-4-1-5-18-16(15)22-11-13-3-2-6-19(9-13)10-14-12-20-7-8-21-14/h1,4-5,13-14H,2-3,6-12H2. The molecule has 2 aliphatic rings. The second-order valence-corrected chi connectivity index (χ2v) is 6.34. The zero-order chi connectivity index (χ0) is 15.2. The molecule has 1 aromatic heterocycles. The molecule has 122 valence electrons. The SMILES string of the molecule is Clc1cccnc1OCC1CCCN(CC2COCCO2)C1. The van der Waals surface area contributed by atoms with Crippen LogP contribution in [0.2, 0.25) is 5.02 Å². The Labute approximate surface area is 136 Å². The largest absolute Gasteiger partial charge is 0.476 e. The second-order valence-electron chi connectivity index (χ2n) is 5.94. The van der Waals surface area contributed by atoms with Crippen LogP contribution in [0.25, 0.3) is 0 Å². The van der Waals surface area contributed by atoms with Gasteiger partial charge in [-0.1, -0.05) is 11.6 Å². The van der Waals surface area contributed by atoms with Gasteiger partial charge >= 0.3 is 0 Å². The molecule has 2 aliphatic heterocycles. The Morgan fingerprint density at radius 2 is 2.36 bits per heavy atom. The van der Waals surface area contributed by atoms with Crippen molar-refractivity contribution in [3.05, 3.63) is 23.4 Å². The fourth-order valence-electron chi connectivity index (χ4n) is 3.06. The number of halogens is 1. The lowest BCUT2D eigenvalue weighted by atomic mass is 9.98. The van der Waals surface area contributed by atoms with Gasteiger partial charge in [-0.15, -0.1) is 0 Å². The third-order valence-electron chi connectivity index (χ3n) is 4.13. The zero-order valence-electron chi connectivity index (χ0n) is 12.7. The van der Waals surface area contributed by atoms with Crippen LogP contribution in [-0.2, 0) is 9.47 Å². The maximum Gasteiger partial charge on any atom is 0.232 e. The number of hydrogen-bond donors (Lipinski definition) is 0. The summed E-state index contributed by atoms with van der Waals surface area (Å²) in [6.07, 6.45) is 4.29. The van der Waals surface area contributed by atoms with E-state index in [1.807, 2.05) is 6.07 Å². The van der Waals surface area contributed by atoms with E-state index in [0.717, 1.165) is 26.2 Å². The topological polar surface area (TPSA) is 43.8 Å². The Kier molecular flexibility index (Phi) is 5.89. The molecular weight excluding hydrogens is 304 g/mol. The molecule has 0 bridgehead atoms. The summed E-state index contributed by atoms with van der Waals surface area (Å²) in [7, 11) is 0. The van der Waals surface area contributed by atoms with E-state index in [9.17, 15) is 0 Å². The molecule has 22 heavy (non-hydrogen) atoms. The van der Waals surface area contributed by atoms with E-state index >= 15 is 0 Å². The van der Waals surface area contributed by atoms with Crippen LogP contribution in [0, 0.1) is 5.92 Å². The van der Waals surface area contributed by atoms with Gasteiger partial charge in [-0.2, -0.15) is 0 Å². The number of hydrogen-bond acceptors (Lipinski definition) is 5. The fraction of sp³-hybridized carbons (Fsp3) is 0.688. The molecule has 0 amide bonds. The molecular formula is C16H23ClN2O3. The zero-order valence-corrected chi connectivity index (χ0v) is 13.5. The van der Waals surface area contributed by atoms with E-state index in [-0.39, 0.29) is 6.10 Å². The first-order valence-electron chi connectivity index (χ1n) is 7.96. The normalized spacial score (nSPS) is 26.8. The molecule has 0 aromatic carbocycles. The predicted molar refractivity (Wildman–Crippen MR) is 84.5 cm³/mol. The van der Waals surface area contributed by atoms with Crippen molar-refractivity contribution in [2.24, 2.45) is 5.92 Å². The van der Waals surface area contributed by atoms with Crippen molar-refractivity contribution in [2.75, 3.05) is 46.1 Å². The minimum absolute atomic E-state index is 0.207.